The van der Waals surface area contributed by atoms with E-state index in [1.165, 1.54) is 19.3 Å². The van der Waals surface area contributed by atoms with E-state index in [4.69, 9.17) is 5.11 Å². The summed E-state index contributed by atoms with van der Waals surface area (Å²) in [5, 5.41) is 8.90. The number of hydrogen-bond acceptors (Lipinski definition) is 3. The van der Waals surface area contributed by atoms with Crippen molar-refractivity contribution in [2.24, 2.45) is 5.92 Å². The first kappa shape index (κ1) is 11.7. The Morgan fingerprint density at radius 1 is 1.50 bits per heavy atom. The number of hydrogen-bond donors (Lipinski definition) is 1. The van der Waals surface area contributed by atoms with Crippen LogP contribution >= 0.6 is 0 Å². The van der Waals surface area contributed by atoms with Crippen molar-refractivity contribution in [3.8, 4) is 0 Å². The van der Waals surface area contributed by atoms with E-state index in [1.54, 1.807) is 0 Å². The van der Waals surface area contributed by atoms with E-state index in [1.807, 2.05) is 13.8 Å². The first-order chi connectivity index (χ1) is 6.65. The molecule has 14 heavy (non-hydrogen) atoms. The zero-order chi connectivity index (χ0) is 10.6. The van der Waals surface area contributed by atoms with Gasteiger partial charge in [0, 0.05) is 18.5 Å². The van der Waals surface area contributed by atoms with Crippen LogP contribution in [0.15, 0.2) is 0 Å². The lowest BCUT2D eigenvalue weighted by molar-refractivity contribution is -0.124. The van der Waals surface area contributed by atoms with E-state index >= 15 is 0 Å². The van der Waals surface area contributed by atoms with Crippen LogP contribution in [-0.2, 0) is 4.79 Å². The van der Waals surface area contributed by atoms with E-state index in [9.17, 15) is 4.79 Å². The van der Waals surface area contributed by atoms with Crippen molar-refractivity contribution in [3.63, 3.8) is 0 Å². The minimum atomic E-state index is 0.108. The van der Waals surface area contributed by atoms with Crippen LogP contribution in [0.3, 0.4) is 0 Å². The summed E-state index contributed by atoms with van der Waals surface area (Å²) in [6.45, 7) is 5.17. The minimum absolute atomic E-state index is 0.108. The Balaban J connectivity index is 2.37. The molecule has 0 aliphatic heterocycles. The highest BCUT2D eigenvalue weighted by molar-refractivity contribution is 5.82. The summed E-state index contributed by atoms with van der Waals surface area (Å²) in [5.41, 5.74) is 0. The predicted molar refractivity (Wildman–Crippen MR) is 56.1 cm³/mol. The van der Waals surface area contributed by atoms with Gasteiger partial charge in [0.1, 0.15) is 5.78 Å². The fourth-order valence-electron chi connectivity index (χ4n) is 1.65. The molecule has 0 saturated heterocycles. The average Bonchev–Trinajstić information content (AvgIpc) is 2.01. The molecule has 0 aromatic heterocycles. The van der Waals surface area contributed by atoms with Crippen molar-refractivity contribution in [2.45, 2.75) is 39.2 Å². The molecule has 1 aliphatic carbocycles. The van der Waals surface area contributed by atoms with Gasteiger partial charge in [0.15, 0.2) is 0 Å². The summed E-state index contributed by atoms with van der Waals surface area (Å²) in [5.74, 6) is 0.390. The van der Waals surface area contributed by atoms with Gasteiger partial charge in [-0.2, -0.15) is 0 Å². The normalized spacial score (nSPS) is 17.5. The molecular weight excluding hydrogens is 178 g/mol. The second kappa shape index (κ2) is 5.47. The summed E-state index contributed by atoms with van der Waals surface area (Å²) in [4.78, 5) is 13.7. The van der Waals surface area contributed by atoms with E-state index in [0.717, 1.165) is 0 Å². The topological polar surface area (TPSA) is 40.5 Å². The number of ketones is 1. The van der Waals surface area contributed by atoms with Gasteiger partial charge in [-0.1, -0.05) is 20.3 Å². The van der Waals surface area contributed by atoms with Gasteiger partial charge in [-0.3, -0.25) is 9.69 Å². The Morgan fingerprint density at radius 3 is 2.50 bits per heavy atom. The molecule has 82 valence electrons. The second-order valence-corrected chi connectivity index (χ2v) is 4.40. The fraction of sp³-hybridized carbons (Fsp3) is 0.909. The maximum Gasteiger partial charge on any atom is 0.149 e. The van der Waals surface area contributed by atoms with Crippen molar-refractivity contribution in [1.29, 1.82) is 0 Å². The second-order valence-electron chi connectivity index (χ2n) is 4.40. The summed E-state index contributed by atoms with van der Waals surface area (Å²) in [6, 6.07) is 0.546. The van der Waals surface area contributed by atoms with Crippen molar-refractivity contribution < 1.29 is 9.90 Å². The third kappa shape index (κ3) is 3.07. The van der Waals surface area contributed by atoms with E-state index < -0.39 is 0 Å². The number of aliphatic hydroxyl groups is 1. The van der Waals surface area contributed by atoms with Crippen molar-refractivity contribution in [2.75, 3.05) is 19.7 Å². The number of aliphatic hydroxyl groups excluding tert-OH is 1. The van der Waals surface area contributed by atoms with Gasteiger partial charge in [0.2, 0.25) is 0 Å². The molecule has 0 aromatic carbocycles. The largest absolute Gasteiger partial charge is 0.395 e. The smallest absolute Gasteiger partial charge is 0.149 e. The summed E-state index contributed by atoms with van der Waals surface area (Å²) in [7, 11) is 0. The van der Waals surface area contributed by atoms with Crippen LogP contribution in [0.5, 0.6) is 0 Å². The highest BCUT2D eigenvalue weighted by Gasteiger charge is 2.26. The quantitative estimate of drug-likeness (QED) is 0.695. The number of carbonyl (C=O) groups is 1. The standard InChI is InChI=1S/C11H21NO2/c1-9(2)11(14)8-12(6-7-13)10-4-3-5-10/h9-10,13H,3-8H2,1-2H3. The highest BCUT2D eigenvalue weighted by atomic mass is 16.3. The monoisotopic (exact) mass is 199 g/mol. The Labute approximate surface area is 86.1 Å². The molecule has 0 radical (unpaired) electrons. The Kier molecular flexibility index (Phi) is 4.55. The molecule has 0 heterocycles. The molecule has 0 bridgehead atoms. The number of nitrogens with zero attached hydrogens (tertiary/aromatic N) is 1. The zero-order valence-electron chi connectivity index (χ0n) is 9.20. The maximum absolute atomic E-state index is 11.5. The maximum atomic E-state index is 11.5. The lowest BCUT2D eigenvalue weighted by Gasteiger charge is -2.37. The third-order valence-electron chi connectivity index (χ3n) is 2.98. The summed E-state index contributed by atoms with van der Waals surface area (Å²) < 4.78 is 0. The van der Waals surface area contributed by atoms with Gasteiger partial charge in [-0.15, -0.1) is 0 Å². The number of Topliss-reactive ketones (excluding diaryl/α,β-unsaturated/α-hetero) is 1. The predicted octanol–water partition coefficient (Wildman–Crippen LogP) is 1.06. The molecule has 3 heteroatoms. The lowest BCUT2D eigenvalue weighted by atomic mass is 9.91. The van der Waals surface area contributed by atoms with Crippen molar-refractivity contribution in [1.82, 2.24) is 4.90 Å². The van der Waals surface area contributed by atoms with Crippen LogP contribution in [0.2, 0.25) is 0 Å². The van der Waals surface area contributed by atoms with Gasteiger partial charge in [0.05, 0.1) is 13.2 Å². The third-order valence-corrected chi connectivity index (χ3v) is 2.98. The van der Waals surface area contributed by atoms with Crippen LogP contribution in [-0.4, -0.2) is 41.5 Å². The molecule has 3 nitrogen and oxygen atoms in total. The van der Waals surface area contributed by atoms with E-state index in [-0.39, 0.29) is 18.3 Å². The molecular formula is C11H21NO2. The molecule has 0 unspecified atom stereocenters. The molecule has 0 spiro atoms. The molecule has 0 amide bonds. The first-order valence-corrected chi connectivity index (χ1v) is 5.52. The Bertz CT molecular complexity index is 188. The van der Waals surface area contributed by atoms with Crippen LogP contribution in [0.4, 0.5) is 0 Å². The van der Waals surface area contributed by atoms with Crippen LogP contribution in [0.25, 0.3) is 0 Å². The molecule has 1 fully saturated rings. The van der Waals surface area contributed by atoms with Crippen LogP contribution < -0.4 is 0 Å². The van der Waals surface area contributed by atoms with E-state index in [2.05, 4.69) is 4.90 Å². The summed E-state index contributed by atoms with van der Waals surface area (Å²) in [6.07, 6.45) is 3.64. The lowest BCUT2D eigenvalue weighted by Crippen LogP contribution is -2.45. The molecule has 0 aromatic rings. The zero-order valence-corrected chi connectivity index (χ0v) is 9.20. The van der Waals surface area contributed by atoms with Gasteiger partial charge in [0.25, 0.3) is 0 Å². The number of rotatable bonds is 6. The Morgan fingerprint density at radius 2 is 2.14 bits per heavy atom. The molecule has 0 atom stereocenters. The molecule has 1 saturated carbocycles. The number of carbonyl (C=O) groups excluding carboxylic acids is 1. The first-order valence-electron chi connectivity index (χ1n) is 5.52. The Hall–Kier alpha value is -0.410. The molecule has 1 aliphatic rings. The van der Waals surface area contributed by atoms with Crippen LogP contribution in [0.1, 0.15) is 33.1 Å². The molecule has 1 rings (SSSR count). The highest BCUT2D eigenvalue weighted by Crippen LogP contribution is 2.24. The van der Waals surface area contributed by atoms with Gasteiger partial charge in [-0.25, -0.2) is 0 Å². The van der Waals surface area contributed by atoms with E-state index in [0.29, 0.717) is 19.1 Å². The molecule has 1 N–H and O–H groups in total. The average molecular weight is 199 g/mol. The van der Waals surface area contributed by atoms with Gasteiger partial charge >= 0.3 is 0 Å². The SMILES string of the molecule is CC(C)C(=O)CN(CCO)C1CCC1. The van der Waals surface area contributed by atoms with Crippen molar-refractivity contribution in [3.05, 3.63) is 0 Å². The fourth-order valence-corrected chi connectivity index (χ4v) is 1.65. The van der Waals surface area contributed by atoms with Gasteiger partial charge < -0.3 is 5.11 Å². The van der Waals surface area contributed by atoms with Crippen molar-refractivity contribution >= 4 is 5.78 Å². The van der Waals surface area contributed by atoms with Crippen LogP contribution in [0, 0.1) is 5.92 Å². The minimum Gasteiger partial charge on any atom is -0.395 e. The van der Waals surface area contributed by atoms with Gasteiger partial charge in [-0.05, 0) is 12.8 Å². The summed E-state index contributed by atoms with van der Waals surface area (Å²) >= 11 is 0.